The fraction of sp³-hybridized carbons (Fsp3) is 0.167. The molecule has 1 aliphatic rings. The summed E-state index contributed by atoms with van der Waals surface area (Å²) in [6.07, 6.45) is -4.72. The molecule has 5 nitrogen and oxygen atoms in total. The van der Waals surface area contributed by atoms with Crippen molar-refractivity contribution in [1.29, 1.82) is 0 Å². The number of halogens is 3. The zero-order chi connectivity index (χ0) is 22.7. The van der Waals surface area contributed by atoms with Crippen molar-refractivity contribution in [2.24, 2.45) is 0 Å². The van der Waals surface area contributed by atoms with Crippen LogP contribution in [-0.2, 0) is 10.9 Å². The Bertz CT molecular complexity index is 1240. The lowest BCUT2D eigenvalue weighted by molar-refractivity contribution is -0.137. The van der Waals surface area contributed by atoms with Gasteiger partial charge in [-0.15, -0.1) is 0 Å². The number of H-pyrrole nitrogens is 1. The Balaban J connectivity index is 1.36. The summed E-state index contributed by atoms with van der Waals surface area (Å²) in [5, 5.41) is 2.42. The highest BCUT2D eigenvalue weighted by atomic mass is 19.4. The van der Waals surface area contributed by atoms with E-state index >= 15 is 0 Å². The Hall–Kier alpha value is -3.99. The van der Waals surface area contributed by atoms with E-state index in [9.17, 15) is 22.8 Å². The number of aromatic nitrogens is 1. The van der Waals surface area contributed by atoms with Crippen LogP contribution in [0, 0.1) is 11.8 Å². The number of benzene rings is 2. The molecule has 0 saturated heterocycles. The number of fused-ring (bicyclic) bond motifs is 3. The van der Waals surface area contributed by atoms with Crippen LogP contribution in [0.15, 0.2) is 65.6 Å². The maximum absolute atomic E-state index is 12.7. The average Bonchev–Trinajstić information content (AvgIpc) is 3.09. The molecule has 0 radical (unpaired) electrons. The lowest BCUT2D eigenvalue weighted by Gasteiger charge is -2.14. The third kappa shape index (κ3) is 4.37. The fourth-order valence-corrected chi connectivity index (χ4v) is 3.65. The number of hydrogen-bond acceptors (Lipinski definition) is 3. The molecule has 2 N–H and O–H groups in total. The minimum absolute atomic E-state index is 0.0945. The molecule has 3 aromatic rings. The summed E-state index contributed by atoms with van der Waals surface area (Å²) in [5.74, 6) is 4.71. The van der Waals surface area contributed by atoms with Crippen LogP contribution in [0.3, 0.4) is 0 Å². The van der Waals surface area contributed by atoms with Gasteiger partial charge in [0.1, 0.15) is 6.61 Å². The SMILES string of the molecule is O=C(NCC#Cc1cc(C(F)(F)F)c[nH]c1=O)OCC1c2ccccc2-c2ccccc21. The smallest absolute Gasteiger partial charge is 0.417 e. The molecule has 0 bridgehead atoms. The van der Waals surface area contributed by atoms with Crippen molar-refractivity contribution in [2.45, 2.75) is 12.1 Å². The normalized spacial score (nSPS) is 12.3. The zero-order valence-electron chi connectivity index (χ0n) is 16.6. The molecule has 1 aromatic heterocycles. The van der Waals surface area contributed by atoms with Gasteiger partial charge in [0.25, 0.3) is 5.56 Å². The minimum Gasteiger partial charge on any atom is -0.449 e. The van der Waals surface area contributed by atoms with Gasteiger partial charge < -0.3 is 15.0 Å². The number of carbonyl (C=O) groups excluding carboxylic acids is 1. The van der Waals surface area contributed by atoms with Crippen molar-refractivity contribution >= 4 is 6.09 Å². The van der Waals surface area contributed by atoms with Crippen molar-refractivity contribution in [3.05, 3.63) is 93.4 Å². The van der Waals surface area contributed by atoms with E-state index in [0.717, 1.165) is 22.3 Å². The number of amides is 1. The Kier molecular flexibility index (Phi) is 5.73. The van der Waals surface area contributed by atoms with Crippen LogP contribution in [0.1, 0.15) is 28.2 Å². The van der Waals surface area contributed by atoms with E-state index in [1.54, 1.807) is 0 Å². The molecular weight excluding hydrogens is 421 g/mol. The summed E-state index contributed by atoms with van der Waals surface area (Å²) >= 11 is 0. The van der Waals surface area contributed by atoms with Crippen molar-refractivity contribution in [2.75, 3.05) is 13.2 Å². The van der Waals surface area contributed by atoms with Gasteiger partial charge >= 0.3 is 12.3 Å². The number of alkyl halides is 3. The summed E-state index contributed by atoms with van der Waals surface area (Å²) in [4.78, 5) is 25.7. The van der Waals surface area contributed by atoms with Crippen LogP contribution in [-0.4, -0.2) is 24.2 Å². The number of alkyl carbamates (subject to hydrolysis) is 1. The Morgan fingerprint density at radius 2 is 1.69 bits per heavy atom. The van der Waals surface area contributed by atoms with E-state index in [2.05, 4.69) is 17.2 Å². The Morgan fingerprint density at radius 1 is 1.06 bits per heavy atom. The van der Waals surface area contributed by atoms with Crippen molar-refractivity contribution in [1.82, 2.24) is 10.3 Å². The van der Waals surface area contributed by atoms with E-state index in [1.807, 2.05) is 53.5 Å². The largest absolute Gasteiger partial charge is 0.449 e. The molecule has 4 rings (SSSR count). The van der Waals surface area contributed by atoms with Crippen molar-refractivity contribution in [3.8, 4) is 23.0 Å². The van der Waals surface area contributed by atoms with Crippen LogP contribution in [0.4, 0.5) is 18.0 Å². The lowest BCUT2D eigenvalue weighted by Crippen LogP contribution is -2.26. The average molecular weight is 438 g/mol. The summed E-state index contributed by atoms with van der Waals surface area (Å²) in [7, 11) is 0. The number of carbonyl (C=O) groups is 1. The Labute approximate surface area is 181 Å². The second-order valence-electron chi connectivity index (χ2n) is 7.11. The molecule has 1 aliphatic carbocycles. The highest BCUT2D eigenvalue weighted by Crippen LogP contribution is 2.44. The summed E-state index contributed by atoms with van der Waals surface area (Å²) in [5.41, 5.74) is 2.27. The molecule has 0 unspecified atom stereocenters. The van der Waals surface area contributed by atoms with Gasteiger partial charge in [0, 0.05) is 12.1 Å². The number of nitrogens with one attached hydrogen (secondary N) is 2. The van der Waals surface area contributed by atoms with Gasteiger partial charge in [-0.3, -0.25) is 4.79 Å². The highest BCUT2D eigenvalue weighted by molar-refractivity contribution is 5.79. The van der Waals surface area contributed by atoms with Gasteiger partial charge in [-0.2, -0.15) is 13.2 Å². The number of rotatable bonds is 3. The molecule has 0 spiro atoms. The van der Waals surface area contributed by atoms with E-state index in [-0.39, 0.29) is 24.6 Å². The number of aromatic amines is 1. The molecule has 162 valence electrons. The van der Waals surface area contributed by atoms with Crippen molar-refractivity contribution in [3.63, 3.8) is 0 Å². The van der Waals surface area contributed by atoms with Gasteiger partial charge in [0.2, 0.25) is 0 Å². The first-order valence-corrected chi connectivity index (χ1v) is 9.72. The molecule has 1 amide bonds. The topological polar surface area (TPSA) is 71.2 Å². The lowest BCUT2D eigenvalue weighted by atomic mass is 9.98. The predicted molar refractivity (Wildman–Crippen MR) is 112 cm³/mol. The third-order valence-electron chi connectivity index (χ3n) is 5.12. The second-order valence-corrected chi connectivity index (χ2v) is 7.11. The monoisotopic (exact) mass is 438 g/mol. The predicted octanol–water partition coefficient (Wildman–Crippen LogP) is 4.28. The van der Waals surface area contributed by atoms with E-state index in [1.165, 1.54) is 0 Å². The third-order valence-corrected chi connectivity index (χ3v) is 5.12. The van der Waals surface area contributed by atoms with E-state index in [0.29, 0.717) is 12.3 Å². The summed E-state index contributed by atoms with van der Waals surface area (Å²) in [6, 6.07) is 16.5. The number of ether oxygens (including phenoxy) is 1. The first-order valence-electron chi connectivity index (χ1n) is 9.72. The van der Waals surface area contributed by atoms with E-state index < -0.39 is 23.4 Å². The van der Waals surface area contributed by atoms with E-state index in [4.69, 9.17) is 4.74 Å². The molecule has 0 saturated carbocycles. The summed E-state index contributed by atoms with van der Waals surface area (Å²) < 4.78 is 43.6. The Morgan fingerprint density at radius 3 is 2.31 bits per heavy atom. The number of pyridine rings is 1. The molecule has 0 atom stereocenters. The standard InChI is InChI=1S/C24H17F3N2O3/c25-24(26,27)16-12-15(22(30)29-13-16)6-5-11-28-23(31)32-14-21-19-9-3-1-7-17(19)18-8-2-4-10-20(18)21/h1-4,7-10,12-13,21H,11,14H2,(H,28,31)(H,29,30). The van der Waals surface area contributed by atoms with Crippen LogP contribution in [0.2, 0.25) is 0 Å². The number of hydrogen-bond donors (Lipinski definition) is 2. The maximum atomic E-state index is 12.7. The molecule has 1 heterocycles. The van der Waals surface area contributed by atoms with Crippen molar-refractivity contribution < 1.29 is 22.7 Å². The van der Waals surface area contributed by atoms with Crippen LogP contribution >= 0.6 is 0 Å². The first kappa shape index (κ1) is 21.2. The van der Waals surface area contributed by atoms with Gasteiger partial charge in [0.05, 0.1) is 17.7 Å². The zero-order valence-corrected chi connectivity index (χ0v) is 16.6. The van der Waals surface area contributed by atoms with Gasteiger partial charge in [-0.1, -0.05) is 60.4 Å². The van der Waals surface area contributed by atoms with Gasteiger partial charge in [-0.25, -0.2) is 4.79 Å². The highest BCUT2D eigenvalue weighted by Gasteiger charge is 2.31. The molecule has 8 heteroatoms. The van der Waals surface area contributed by atoms with Crippen LogP contribution in [0.25, 0.3) is 11.1 Å². The molecule has 0 aliphatic heterocycles. The first-order chi connectivity index (χ1) is 15.3. The van der Waals surface area contributed by atoms with Gasteiger partial charge in [-0.05, 0) is 28.3 Å². The maximum Gasteiger partial charge on any atom is 0.417 e. The summed E-state index contributed by atoms with van der Waals surface area (Å²) in [6.45, 7) is -0.0626. The van der Waals surface area contributed by atoms with Crippen LogP contribution in [0.5, 0.6) is 0 Å². The fourth-order valence-electron chi connectivity index (χ4n) is 3.65. The molecular formula is C24H17F3N2O3. The quantitative estimate of drug-likeness (QED) is 0.600. The molecule has 32 heavy (non-hydrogen) atoms. The van der Waals surface area contributed by atoms with Gasteiger partial charge in [0.15, 0.2) is 0 Å². The minimum atomic E-state index is -4.60. The second kappa shape index (κ2) is 8.63. The van der Waals surface area contributed by atoms with Crippen LogP contribution < -0.4 is 10.9 Å². The molecule has 2 aromatic carbocycles. The molecule has 0 fully saturated rings.